The van der Waals surface area contributed by atoms with Gasteiger partial charge in [0.25, 0.3) is 0 Å². The molecule has 0 spiro atoms. The second kappa shape index (κ2) is 8.03. The lowest BCUT2D eigenvalue weighted by molar-refractivity contribution is 0.175. The molecular formula is C13H29N3O. The van der Waals surface area contributed by atoms with Crippen LogP contribution in [0.2, 0.25) is 0 Å². The minimum absolute atomic E-state index is 0.299. The summed E-state index contributed by atoms with van der Waals surface area (Å²) in [4.78, 5) is 4.84. The molecule has 0 amide bonds. The van der Waals surface area contributed by atoms with Crippen molar-refractivity contribution in [2.45, 2.75) is 37.8 Å². The van der Waals surface area contributed by atoms with E-state index in [1.807, 2.05) is 0 Å². The number of likely N-dealkylation sites (N-methyl/N-ethyl adjacent to an activating group) is 1. The highest BCUT2D eigenvalue weighted by Gasteiger charge is 2.25. The van der Waals surface area contributed by atoms with Crippen molar-refractivity contribution in [2.24, 2.45) is 5.73 Å². The van der Waals surface area contributed by atoms with Crippen LogP contribution in [0.4, 0.5) is 0 Å². The van der Waals surface area contributed by atoms with Crippen molar-refractivity contribution in [1.29, 1.82) is 0 Å². The summed E-state index contributed by atoms with van der Waals surface area (Å²) in [5, 5.41) is 0. The molecule has 1 fully saturated rings. The fraction of sp³-hybridized carbons (Fsp3) is 1.00. The smallest absolute Gasteiger partial charge is 0.0462 e. The topological polar surface area (TPSA) is 41.7 Å². The van der Waals surface area contributed by atoms with Gasteiger partial charge in [0.1, 0.15) is 0 Å². The molecule has 4 heteroatoms. The van der Waals surface area contributed by atoms with Gasteiger partial charge in [-0.25, -0.2) is 0 Å². The summed E-state index contributed by atoms with van der Waals surface area (Å²) in [7, 11) is 6.04. The van der Waals surface area contributed by atoms with Crippen LogP contribution in [0.5, 0.6) is 0 Å². The van der Waals surface area contributed by atoms with E-state index in [-0.39, 0.29) is 0 Å². The van der Waals surface area contributed by atoms with Crippen LogP contribution in [0, 0.1) is 0 Å². The molecule has 2 atom stereocenters. The molecule has 1 aliphatic heterocycles. The van der Waals surface area contributed by atoms with Gasteiger partial charge in [0, 0.05) is 38.9 Å². The van der Waals surface area contributed by atoms with E-state index >= 15 is 0 Å². The van der Waals surface area contributed by atoms with Crippen LogP contribution in [0.3, 0.4) is 0 Å². The van der Waals surface area contributed by atoms with Crippen LogP contribution >= 0.6 is 0 Å². The third kappa shape index (κ3) is 5.82. The van der Waals surface area contributed by atoms with Crippen molar-refractivity contribution in [3.63, 3.8) is 0 Å². The summed E-state index contributed by atoms with van der Waals surface area (Å²) >= 11 is 0. The van der Waals surface area contributed by atoms with Crippen LogP contribution in [0.25, 0.3) is 0 Å². The van der Waals surface area contributed by atoms with Crippen molar-refractivity contribution >= 4 is 0 Å². The number of nitrogens with zero attached hydrogens (tertiary/aromatic N) is 2. The second-order valence-corrected chi connectivity index (χ2v) is 5.45. The first-order valence-corrected chi connectivity index (χ1v) is 6.76. The molecule has 1 aliphatic rings. The predicted molar refractivity (Wildman–Crippen MR) is 72.2 cm³/mol. The van der Waals surface area contributed by atoms with Crippen molar-refractivity contribution in [3.05, 3.63) is 0 Å². The van der Waals surface area contributed by atoms with E-state index in [1.54, 1.807) is 7.11 Å². The van der Waals surface area contributed by atoms with E-state index in [4.69, 9.17) is 10.5 Å². The lowest BCUT2D eigenvalue weighted by atomic mass is 10.1. The summed E-state index contributed by atoms with van der Waals surface area (Å²) in [6.07, 6.45) is 4.79. The fourth-order valence-corrected chi connectivity index (χ4v) is 2.65. The van der Waals surface area contributed by atoms with E-state index in [9.17, 15) is 0 Å². The van der Waals surface area contributed by atoms with Gasteiger partial charge in [-0.1, -0.05) is 0 Å². The Bertz CT molecular complexity index is 199. The first-order valence-electron chi connectivity index (χ1n) is 6.76. The van der Waals surface area contributed by atoms with Crippen LogP contribution in [-0.4, -0.2) is 69.3 Å². The summed E-state index contributed by atoms with van der Waals surface area (Å²) < 4.78 is 5.06. The van der Waals surface area contributed by atoms with E-state index in [2.05, 4.69) is 23.9 Å². The van der Waals surface area contributed by atoms with Crippen molar-refractivity contribution < 1.29 is 4.74 Å². The lowest BCUT2D eigenvalue weighted by Crippen LogP contribution is -2.44. The first-order chi connectivity index (χ1) is 8.13. The highest BCUT2D eigenvalue weighted by atomic mass is 16.5. The minimum Gasteiger partial charge on any atom is -0.385 e. The molecule has 0 bridgehead atoms. The van der Waals surface area contributed by atoms with Gasteiger partial charge in [0.05, 0.1) is 0 Å². The number of ether oxygens (including phenoxy) is 1. The minimum atomic E-state index is 0.299. The summed E-state index contributed by atoms with van der Waals surface area (Å²) in [6.45, 7) is 4.25. The Hall–Kier alpha value is -0.160. The summed E-state index contributed by atoms with van der Waals surface area (Å²) in [5.74, 6) is 0. The monoisotopic (exact) mass is 243 g/mol. The maximum absolute atomic E-state index is 6.18. The molecule has 4 nitrogen and oxygen atoms in total. The molecule has 2 N–H and O–H groups in total. The maximum atomic E-state index is 6.18. The molecule has 17 heavy (non-hydrogen) atoms. The molecular weight excluding hydrogens is 214 g/mol. The molecule has 0 radical (unpaired) electrons. The van der Waals surface area contributed by atoms with Gasteiger partial charge in [-0.2, -0.15) is 0 Å². The average Bonchev–Trinajstić information content (AvgIpc) is 2.65. The molecule has 0 aromatic carbocycles. The third-order valence-electron chi connectivity index (χ3n) is 3.47. The molecule has 1 heterocycles. The molecule has 0 aliphatic carbocycles. The molecule has 1 saturated heterocycles. The Kier molecular flexibility index (Phi) is 7.04. The van der Waals surface area contributed by atoms with Gasteiger partial charge in [-0.15, -0.1) is 0 Å². The van der Waals surface area contributed by atoms with Crippen LogP contribution in [0.1, 0.15) is 25.7 Å². The van der Waals surface area contributed by atoms with Gasteiger partial charge in [-0.05, 0) is 46.3 Å². The zero-order valence-corrected chi connectivity index (χ0v) is 11.7. The predicted octanol–water partition coefficient (Wildman–Crippen LogP) is 0.766. The van der Waals surface area contributed by atoms with Crippen LogP contribution in [-0.2, 0) is 4.74 Å². The van der Waals surface area contributed by atoms with Gasteiger partial charge in [-0.3, -0.25) is 4.90 Å². The van der Waals surface area contributed by atoms with E-state index in [1.165, 1.54) is 19.4 Å². The summed E-state index contributed by atoms with van der Waals surface area (Å²) in [6, 6.07) is 1.01. The van der Waals surface area contributed by atoms with E-state index in [0.29, 0.717) is 12.1 Å². The summed E-state index contributed by atoms with van der Waals surface area (Å²) in [5.41, 5.74) is 6.18. The second-order valence-electron chi connectivity index (χ2n) is 5.45. The van der Waals surface area contributed by atoms with E-state index < -0.39 is 0 Å². The van der Waals surface area contributed by atoms with Gasteiger partial charge < -0.3 is 15.4 Å². The Morgan fingerprint density at radius 3 is 2.88 bits per heavy atom. The quantitative estimate of drug-likeness (QED) is 0.639. The van der Waals surface area contributed by atoms with Crippen LogP contribution in [0.15, 0.2) is 0 Å². The van der Waals surface area contributed by atoms with Gasteiger partial charge in [0.15, 0.2) is 0 Å². The number of hydrogen-bond donors (Lipinski definition) is 1. The third-order valence-corrected chi connectivity index (χ3v) is 3.47. The Morgan fingerprint density at radius 1 is 1.47 bits per heavy atom. The zero-order valence-electron chi connectivity index (χ0n) is 11.7. The average molecular weight is 243 g/mol. The highest BCUT2D eigenvalue weighted by molar-refractivity contribution is 4.83. The number of hydrogen-bond acceptors (Lipinski definition) is 4. The Balaban J connectivity index is 2.23. The highest BCUT2D eigenvalue weighted by Crippen LogP contribution is 2.18. The molecule has 0 saturated carbocycles. The fourth-order valence-electron chi connectivity index (χ4n) is 2.65. The molecule has 102 valence electrons. The van der Waals surface area contributed by atoms with Gasteiger partial charge >= 0.3 is 0 Å². The number of nitrogens with two attached hydrogens (primary N) is 1. The molecule has 0 aromatic heterocycles. The first kappa shape index (κ1) is 14.9. The normalized spacial score (nSPS) is 23.5. The lowest BCUT2D eigenvalue weighted by Gasteiger charge is -2.29. The van der Waals surface area contributed by atoms with Gasteiger partial charge in [0.2, 0.25) is 0 Å². The van der Waals surface area contributed by atoms with E-state index in [0.717, 1.165) is 32.5 Å². The number of methoxy groups -OCH3 is 1. The maximum Gasteiger partial charge on any atom is 0.0462 e. The van der Waals surface area contributed by atoms with Crippen molar-refractivity contribution in [3.8, 4) is 0 Å². The SMILES string of the molecule is COCCCC(N)CN1CCCC1CN(C)C. The molecule has 0 aromatic rings. The Morgan fingerprint density at radius 2 is 2.24 bits per heavy atom. The standard InChI is InChI=1S/C13H29N3O/c1-15(2)11-13-7-4-8-16(13)10-12(14)6-5-9-17-3/h12-13H,4-11,14H2,1-3H3. The number of rotatable bonds is 8. The number of likely N-dealkylation sites (tertiary alicyclic amines) is 1. The largest absolute Gasteiger partial charge is 0.385 e. The Labute approximate surface area is 106 Å². The molecule has 1 rings (SSSR count). The van der Waals surface area contributed by atoms with Crippen molar-refractivity contribution in [2.75, 3.05) is 47.4 Å². The van der Waals surface area contributed by atoms with Crippen LogP contribution < -0.4 is 5.73 Å². The van der Waals surface area contributed by atoms with Crippen molar-refractivity contribution in [1.82, 2.24) is 9.80 Å². The molecule has 2 unspecified atom stereocenters. The zero-order chi connectivity index (χ0) is 12.7.